The molecular formula is C25H19N. The molecule has 0 aliphatic heterocycles. The van der Waals surface area contributed by atoms with Gasteiger partial charge in [0.15, 0.2) is 0 Å². The highest BCUT2D eigenvalue weighted by Gasteiger charge is 2.11. The Balaban J connectivity index is 1.88. The van der Waals surface area contributed by atoms with Gasteiger partial charge in [-0.1, -0.05) is 97.1 Å². The summed E-state index contributed by atoms with van der Waals surface area (Å²) in [4.78, 5) is 4.62. The van der Waals surface area contributed by atoms with Gasteiger partial charge in [0, 0.05) is 11.8 Å². The average Bonchev–Trinajstić information content (AvgIpc) is 2.74. The summed E-state index contributed by atoms with van der Waals surface area (Å²) in [6.45, 7) is 0. The third-order valence-corrected chi connectivity index (χ3v) is 4.36. The van der Waals surface area contributed by atoms with E-state index in [4.69, 9.17) is 0 Å². The Labute approximate surface area is 154 Å². The van der Waals surface area contributed by atoms with Crippen molar-refractivity contribution in [3.8, 4) is 22.4 Å². The fourth-order valence-electron chi connectivity index (χ4n) is 3.11. The Morgan fingerprint density at radius 1 is 0.577 bits per heavy atom. The molecule has 124 valence electrons. The van der Waals surface area contributed by atoms with Crippen LogP contribution in [0.2, 0.25) is 0 Å². The normalized spacial score (nSPS) is 10.9. The maximum Gasteiger partial charge on any atom is 0.0714 e. The molecule has 26 heavy (non-hydrogen) atoms. The molecule has 0 aliphatic rings. The summed E-state index contributed by atoms with van der Waals surface area (Å²) in [6.07, 6.45) is 6.17. The highest BCUT2D eigenvalue weighted by Crippen LogP contribution is 2.34. The fourth-order valence-corrected chi connectivity index (χ4v) is 3.11. The van der Waals surface area contributed by atoms with Crippen LogP contribution in [0.3, 0.4) is 0 Å². The quantitative estimate of drug-likeness (QED) is 0.384. The summed E-state index contributed by atoms with van der Waals surface area (Å²) in [5, 5.41) is 0. The maximum atomic E-state index is 4.62. The van der Waals surface area contributed by atoms with Crippen LogP contribution in [0.25, 0.3) is 34.5 Å². The highest BCUT2D eigenvalue weighted by molar-refractivity contribution is 5.90. The monoisotopic (exact) mass is 333 g/mol. The van der Waals surface area contributed by atoms with Gasteiger partial charge in [0.1, 0.15) is 0 Å². The lowest BCUT2D eigenvalue weighted by Crippen LogP contribution is -1.91. The third-order valence-electron chi connectivity index (χ3n) is 4.36. The Kier molecular flexibility index (Phi) is 4.70. The lowest BCUT2D eigenvalue weighted by molar-refractivity contribution is 1.32. The van der Waals surface area contributed by atoms with E-state index in [1.165, 1.54) is 16.7 Å². The zero-order valence-electron chi connectivity index (χ0n) is 14.4. The van der Waals surface area contributed by atoms with E-state index in [0.29, 0.717) is 0 Å². The lowest BCUT2D eigenvalue weighted by Gasteiger charge is -2.13. The third kappa shape index (κ3) is 3.47. The fraction of sp³-hybridized carbons (Fsp3) is 0. The SMILES string of the molecule is C(=Cc1cccc(-c2ccccc2)c1-c1ccccn1)c1ccccc1. The number of benzene rings is 3. The Morgan fingerprint density at radius 2 is 1.31 bits per heavy atom. The minimum atomic E-state index is 0.986. The first kappa shape index (κ1) is 16.0. The van der Waals surface area contributed by atoms with Crippen LogP contribution in [0.15, 0.2) is 103 Å². The smallest absolute Gasteiger partial charge is 0.0714 e. The molecule has 0 amide bonds. The molecule has 1 heteroatoms. The predicted octanol–water partition coefficient (Wildman–Crippen LogP) is 6.59. The van der Waals surface area contributed by atoms with Crippen molar-refractivity contribution in [1.29, 1.82) is 0 Å². The van der Waals surface area contributed by atoms with Crippen LogP contribution in [0.4, 0.5) is 0 Å². The minimum Gasteiger partial charge on any atom is -0.256 e. The zero-order chi connectivity index (χ0) is 17.6. The van der Waals surface area contributed by atoms with Crippen LogP contribution in [0.1, 0.15) is 11.1 Å². The van der Waals surface area contributed by atoms with E-state index in [2.05, 4.69) is 89.9 Å². The van der Waals surface area contributed by atoms with Gasteiger partial charge in [-0.3, -0.25) is 4.98 Å². The summed E-state index contributed by atoms with van der Waals surface area (Å²) in [7, 11) is 0. The highest BCUT2D eigenvalue weighted by atomic mass is 14.7. The molecule has 0 bridgehead atoms. The van der Waals surface area contributed by atoms with Crippen molar-refractivity contribution in [2.75, 3.05) is 0 Å². The second-order valence-electron chi connectivity index (χ2n) is 6.09. The minimum absolute atomic E-state index is 0.986. The molecule has 0 unspecified atom stereocenters. The van der Waals surface area contributed by atoms with Gasteiger partial charge < -0.3 is 0 Å². The summed E-state index contributed by atoms with van der Waals surface area (Å²) in [6, 6.07) is 33.3. The Hall–Kier alpha value is -3.45. The average molecular weight is 333 g/mol. The molecule has 1 nitrogen and oxygen atoms in total. The van der Waals surface area contributed by atoms with E-state index < -0.39 is 0 Å². The van der Waals surface area contributed by atoms with E-state index >= 15 is 0 Å². The summed E-state index contributed by atoms with van der Waals surface area (Å²) in [5.74, 6) is 0. The molecule has 0 fully saturated rings. The molecular weight excluding hydrogens is 314 g/mol. The lowest BCUT2D eigenvalue weighted by atomic mass is 9.92. The predicted molar refractivity (Wildman–Crippen MR) is 110 cm³/mol. The van der Waals surface area contributed by atoms with Crippen molar-refractivity contribution in [2.24, 2.45) is 0 Å². The topological polar surface area (TPSA) is 12.9 Å². The molecule has 0 N–H and O–H groups in total. The van der Waals surface area contributed by atoms with E-state index in [9.17, 15) is 0 Å². The molecule has 4 rings (SSSR count). The summed E-state index contributed by atoms with van der Waals surface area (Å²) < 4.78 is 0. The number of aromatic nitrogens is 1. The standard InChI is InChI=1S/C25H19N/c1-3-10-20(11-4-1)17-18-22-14-9-15-23(21-12-5-2-6-13-21)25(22)24-16-7-8-19-26-24/h1-19H. The first-order valence-corrected chi connectivity index (χ1v) is 8.75. The van der Waals surface area contributed by atoms with Crippen molar-refractivity contribution in [3.63, 3.8) is 0 Å². The van der Waals surface area contributed by atoms with Crippen LogP contribution in [-0.4, -0.2) is 4.98 Å². The number of pyridine rings is 1. The first-order valence-electron chi connectivity index (χ1n) is 8.75. The van der Waals surface area contributed by atoms with E-state index in [1.807, 2.05) is 30.5 Å². The summed E-state index contributed by atoms with van der Waals surface area (Å²) >= 11 is 0. The van der Waals surface area contributed by atoms with Crippen molar-refractivity contribution in [1.82, 2.24) is 4.98 Å². The van der Waals surface area contributed by atoms with E-state index in [1.54, 1.807) is 0 Å². The molecule has 1 aromatic heterocycles. The molecule has 0 saturated carbocycles. The molecule has 0 spiro atoms. The van der Waals surface area contributed by atoms with Gasteiger partial charge in [0.25, 0.3) is 0 Å². The van der Waals surface area contributed by atoms with E-state index in [-0.39, 0.29) is 0 Å². The number of nitrogens with zero attached hydrogens (tertiary/aromatic N) is 1. The number of hydrogen-bond acceptors (Lipinski definition) is 1. The molecule has 3 aromatic carbocycles. The second-order valence-corrected chi connectivity index (χ2v) is 6.09. The van der Waals surface area contributed by atoms with Gasteiger partial charge in [-0.2, -0.15) is 0 Å². The van der Waals surface area contributed by atoms with Gasteiger partial charge in [-0.05, 0) is 34.4 Å². The van der Waals surface area contributed by atoms with Crippen molar-refractivity contribution in [3.05, 3.63) is 114 Å². The van der Waals surface area contributed by atoms with Crippen LogP contribution < -0.4 is 0 Å². The molecule has 4 aromatic rings. The van der Waals surface area contributed by atoms with Gasteiger partial charge in [-0.15, -0.1) is 0 Å². The molecule has 0 atom stereocenters. The second kappa shape index (κ2) is 7.62. The van der Waals surface area contributed by atoms with Crippen LogP contribution >= 0.6 is 0 Å². The van der Waals surface area contributed by atoms with Crippen molar-refractivity contribution < 1.29 is 0 Å². The number of hydrogen-bond donors (Lipinski definition) is 0. The van der Waals surface area contributed by atoms with Gasteiger partial charge in [0.2, 0.25) is 0 Å². The van der Waals surface area contributed by atoms with Gasteiger partial charge in [-0.25, -0.2) is 0 Å². The largest absolute Gasteiger partial charge is 0.256 e. The van der Waals surface area contributed by atoms with Crippen molar-refractivity contribution >= 4 is 12.2 Å². The first-order chi connectivity index (χ1) is 12.9. The van der Waals surface area contributed by atoms with Crippen molar-refractivity contribution in [2.45, 2.75) is 0 Å². The zero-order valence-corrected chi connectivity index (χ0v) is 14.4. The number of rotatable bonds is 4. The van der Waals surface area contributed by atoms with Crippen LogP contribution in [-0.2, 0) is 0 Å². The van der Waals surface area contributed by atoms with Gasteiger partial charge in [0.05, 0.1) is 5.69 Å². The Morgan fingerprint density at radius 3 is 2.04 bits per heavy atom. The molecule has 0 radical (unpaired) electrons. The molecule has 1 heterocycles. The van der Waals surface area contributed by atoms with Crippen LogP contribution in [0, 0.1) is 0 Å². The molecule has 0 aliphatic carbocycles. The van der Waals surface area contributed by atoms with Gasteiger partial charge >= 0.3 is 0 Å². The van der Waals surface area contributed by atoms with E-state index in [0.717, 1.165) is 16.8 Å². The Bertz CT molecular complexity index is 1000. The van der Waals surface area contributed by atoms with Crippen LogP contribution in [0.5, 0.6) is 0 Å². The molecule has 0 saturated heterocycles. The summed E-state index contributed by atoms with van der Waals surface area (Å²) in [5.41, 5.74) is 6.88. The maximum absolute atomic E-state index is 4.62.